The standard InChI is InChI=1S/C15H30N2O/c1-12(2)7-9-16-14(18)11-17-13-6-5-8-15(3,4)10-13/h12-13,17H,5-11H2,1-4H3,(H,16,18). The van der Waals surface area contributed by atoms with Crippen molar-refractivity contribution in [3.8, 4) is 0 Å². The molecule has 106 valence electrons. The Bertz CT molecular complexity index is 261. The average molecular weight is 254 g/mol. The van der Waals surface area contributed by atoms with E-state index in [9.17, 15) is 4.79 Å². The van der Waals surface area contributed by atoms with Gasteiger partial charge in [0.15, 0.2) is 0 Å². The van der Waals surface area contributed by atoms with E-state index >= 15 is 0 Å². The molecule has 2 N–H and O–H groups in total. The van der Waals surface area contributed by atoms with Crippen molar-refractivity contribution in [2.24, 2.45) is 11.3 Å². The van der Waals surface area contributed by atoms with Crippen molar-refractivity contribution in [3.63, 3.8) is 0 Å². The third-order valence-corrected chi connectivity index (χ3v) is 3.80. The van der Waals surface area contributed by atoms with Gasteiger partial charge in [0.1, 0.15) is 0 Å². The highest BCUT2D eigenvalue weighted by atomic mass is 16.1. The van der Waals surface area contributed by atoms with Crippen LogP contribution in [0.1, 0.15) is 59.8 Å². The molecule has 1 unspecified atom stereocenters. The van der Waals surface area contributed by atoms with Gasteiger partial charge in [0.05, 0.1) is 6.54 Å². The lowest BCUT2D eigenvalue weighted by atomic mass is 9.75. The van der Waals surface area contributed by atoms with Crippen LogP contribution in [0.5, 0.6) is 0 Å². The number of amides is 1. The molecule has 3 heteroatoms. The second-order valence-corrected chi connectivity index (χ2v) is 6.87. The fourth-order valence-electron chi connectivity index (χ4n) is 2.67. The fourth-order valence-corrected chi connectivity index (χ4v) is 2.67. The summed E-state index contributed by atoms with van der Waals surface area (Å²) in [4.78, 5) is 11.7. The lowest BCUT2D eigenvalue weighted by Gasteiger charge is -2.35. The number of carbonyl (C=O) groups is 1. The smallest absolute Gasteiger partial charge is 0.233 e. The molecule has 0 bridgehead atoms. The van der Waals surface area contributed by atoms with Crippen molar-refractivity contribution in [2.45, 2.75) is 65.8 Å². The van der Waals surface area contributed by atoms with Gasteiger partial charge in [0.25, 0.3) is 0 Å². The zero-order valence-electron chi connectivity index (χ0n) is 12.5. The fraction of sp³-hybridized carbons (Fsp3) is 0.933. The van der Waals surface area contributed by atoms with Gasteiger partial charge < -0.3 is 10.6 Å². The van der Waals surface area contributed by atoms with Crippen molar-refractivity contribution in [1.29, 1.82) is 0 Å². The van der Waals surface area contributed by atoms with Crippen molar-refractivity contribution < 1.29 is 4.79 Å². The summed E-state index contributed by atoms with van der Waals surface area (Å²) in [6.45, 7) is 10.3. The minimum absolute atomic E-state index is 0.138. The largest absolute Gasteiger partial charge is 0.355 e. The maximum absolute atomic E-state index is 11.7. The molecule has 0 heterocycles. The van der Waals surface area contributed by atoms with E-state index in [0.717, 1.165) is 13.0 Å². The molecular weight excluding hydrogens is 224 g/mol. The van der Waals surface area contributed by atoms with E-state index in [1.807, 2.05) is 0 Å². The second kappa shape index (κ2) is 7.13. The topological polar surface area (TPSA) is 41.1 Å². The van der Waals surface area contributed by atoms with Crippen LogP contribution in [0.3, 0.4) is 0 Å². The zero-order chi connectivity index (χ0) is 13.6. The lowest BCUT2D eigenvalue weighted by molar-refractivity contribution is -0.120. The minimum Gasteiger partial charge on any atom is -0.355 e. The number of nitrogens with one attached hydrogen (secondary N) is 2. The van der Waals surface area contributed by atoms with Crippen LogP contribution >= 0.6 is 0 Å². The van der Waals surface area contributed by atoms with Crippen LogP contribution in [0.4, 0.5) is 0 Å². The lowest BCUT2D eigenvalue weighted by Crippen LogP contribution is -2.43. The Labute approximate surface area is 112 Å². The molecule has 0 saturated heterocycles. The minimum atomic E-state index is 0.138. The summed E-state index contributed by atoms with van der Waals surface area (Å²) >= 11 is 0. The number of hydrogen-bond donors (Lipinski definition) is 2. The van der Waals surface area contributed by atoms with E-state index in [2.05, 4.69) is 38.3 Å². The summed E-state index contributed by atoms with van der Waals surface area (Å²) in [7, 11) is 0. The first-order valence-electron chi connectivity index (χ1n) is 7.39. The van der Waals surface area contributed by atoms with Gasteiger partial charge >= 0.3 is 0 Å². The van der Waals surface area contributed by atoms with Gasteiger partial charge in [0.2, 0.25) is 5.91 Å². The van der Waals surface area contributed by atoms with E-state index in [4.69, 9.17) is 0 Å². The summed E-state index contributed by atoms with van der Waals surface area (Å²) in [5.74, 6) is 0.788. The molecule has 1 fully saturated rings. The number of carbonyl (C=O) groups excluding carboxylic acids is 1. The molecule has 1 atom stereocenters. The molecule has 0 aromatic rings. The predicted octanol–water partition coefficient (Wildman–Crippen LogP) is 2.71. The van der Waals surface area contributed by atoms with E-state index in [1.165, 1.54) is 25.7 Å². The first kappa shape index (κ1) is 15.5. The molecule has 1 aliphatic carbocycles. The van der Waals surface area contributed by atoms with Gasteiger partial charge in [-0.05, 0) is 37.0 Å². The number of hydrogen-bond acceptors (Lipinski definition) is 2. The monoisotopic (exact) mass is 254 g/mol. The van der Waals surface area contributed by atoms with Crippen molar-refractivity contribution in [1.82, 2.24) is 10.6 Å². The molecule has 1 saturated carbocycles. The normalized spacial score (nSPS) is 23.1. The van der Waals surface area contributed by atoms with E-state index in [0.29, 0.717) is 23.9 Å². The highest BCUT2D eigenvalue weighted by Crippen LogP contribution is 2.34. The molecule has 0 aromatic heterocycles. The van der Waals surface area contributed by atoms with Crippen molar-refractivity contribution in [3.05, 3.63) is 0 Å². The molecule has 0 spiro atoms. The molecular formula is C15H30N2O. The molecule has 18 heavy (non-hydrogen) atoms. The molecule has 0 aliphatic heterocycles. The van der Waals surface area contributed by atoms with Gasteiger partial charge in [-0.3, -0.25) is 4.79 Å². The summed E-state index contributed by atoms with van der Waals surface area (Å²) in [5, 5.41) is 6.38. The van der Waals surface area contributed by atoms with Gasteiger partial charge in [-0.1, -0.05) is 34.1 Å². The third kappa shape index (κ3) is 6.39. The van der Waals surface area contributed by atoms with E-state index in [1.54, 1.807) is 0 Å². The van der Waals surface area contributed by atoms with Gasteiger partial charge in [-0.2, -0.15) is 0 Å². The van der Waals surface area contributed by atoms with Gasteiger partial charge in [-0.25, -0.2) is 0 Å². The second-order valence-electron chi connectivity index (χ2n) is 6.87. The van der Waals surface area contributed by atoms with Crippen LogP contribution in [0.25, 0.3) is 0 Å². The van der Waals surface area contributed by atoms with E-state index < -0.39 is 0 Å². The molecule has 0 radical (unpaired) electrons. The Morgan fingerprint density at radius 3 is 2.72 bits per heavy atom. The molecule has 1 amide bonds. The quantitative estimate of drug-likeness (QED) is 0.765. The molecule has 3 nitrogen and oxygen atoms in total. The first-order chi connectivity index (χ1) is 8.39. The van der Waals surface area contributed by atoms with Crippen LogP contribution in [0.15, 0.2) is 0 Å². The first-order valence-corrected chi connectivity index (χ1v) is 7.39. The maximum atomic E-state index is 11.7. The summed E-state index contributed by atoms with van der Waals surface area (Å²) in [5.41, 5.74) is 0.435. The van der Waals surface area contributed by atoms with Gasteiger partial charge in [0, 0.05) is 12.6 Å². The third-order valence-electron chi connectivity index (χ3n) is 3.80. The summed E-state index contributed by atoms with van der Waals surface area (Å²) in [6, 6.07) is 0.518. The Morgan fingerprint density at radius 1 is 1.39 bits per heavy atom. The molecule has 0 aromatic carbocycles. The Morgan fingerprint density at radius 2 is 2.11 bits per heavy atom. The maximum Gasteiger partial charge on any atom is 0.233 e. The highest BCUT2D eigenvalue weighted by molar-refractivity contribution is 5.77. The molecule has 1 rings (SSSR count). The van der Waals surface area contributed by atoms with Crippen molar-refractivity contribution in [2.75, 3.05) is 13.1 Å². The Balaban J connectivity index is 2.14. The van der Waals surface area contributed by atoms with Crippen molar-refractivity contribution >= 4 is 5.91 Å². The van der Waals surface area contributed by atoms with Crippen LogP contribution in [-0.2, 0) is 4.79 Å². The Hall–Kier alpha value is -0.570. The summed E-state index contributed by atoms with van der Waals surface area (Å²) < 4.78 is 0. The number of rotatable bonds is 6. The summed E-state index contributed by atoms with van der Waals surface area (Å²) in [6.07, 6.45) is 6.04. The van der Waals surface area contributed by atoms with Crippen LogP contribution in [-0.4, -0.2) is 25.0 Å². The zero-order valence-corrected chi connectivity index (χ0v) is 12.5. The Kier molecular flexibility index (Phi) is 6.13. The van der Waals surface area contributed by atoms with Crippen LogP contribution in [0, 0.1) is 11.3 Å². The van der Waals surface area contributed by atoms with Crippen LogP contribution < -0.4 is 10.6 Å². The SMILES string of the molecule is CC(C)CCNC(=O)CNC1CCCC(C)(C)C1. The average Bonchev–Trinajstić information content (AvgIpc) is 2.24. The highest BCUT2D eigenvalue weighted by Gasteiger charge is 2.27. The van der Waals surface area contributed by atoms with Crippen LogP contribution in [0.2, 0.25) is 0 Å². The van der Waals surface area contributed by atoms with E-state index in [-0.39, 0.29) is 5.91 Å². The molecule has 1 aliphatic rings. The van der Waals surface area contributed by atoms with Gasteiger partial charge in [-0.15, -0.1) is 0 Å². The predicted molar refractivity (Wildman–Crippen MR) is 76.5 cm³/mol.